The number of aromatic nitrogens is 5. The summed E-state index contributed by atoms with van der Waals surface area (Å²) in [5.41, 5.74) is 0.675. The average molecular weight is 984 g/mol. The van der Waals surface area contributed by atoms with Gasteiger partial charge in [0.25, 0.3) is 0 Å². The van der Waals surface area contributed by atoms with E-state index in [9.17, 15) is 8.78 Å². The summed E-state index contributed by atoms with van der Waals surface area (Å²) in [5, 5.41) is 5.11. The Morgan fingerprint density at radius 3 is 0.890 bits per heavy atom. The monoisotopic (exact) mass is 983 g/mol. The molecule has 0 radical (unpaired) electrons. The standard InChI is InChI=1S/C58H27F10N5/c59-47-45(48(60)52(64)55(67)51(47)63)36-27-35(69-58(70-36)46-49(61)53(65)56(68)54(66)50(46)62)28-25-43(71-37-19-7-1-13-29(37)30-14-2-8-20-38(30)71)57(73-41-23-11-5-17-33(41)34-18-6-12-24-42(34)73)44(26-28)72-39-21-9-3-15-31(39)32-16-4-10-22-40(32)72/h1-27H. The van der Waals surface area contributed by atoms with Crippen molar-refractivity contribution in [1.82, 2.24) is 23.7 Å². The third kappa shape index (κ3) is 6.24. The van der Waals surface area contributed by atoms with Gasteiger partial charge in [0.05, 0.1) is 72.7 Å². The molecule has 0 saturated heterocycles. The second-order valence-corrected chi connectivity index (χ2v) is 17.3. The summed E-state index contributed by atoms with van der Waals surface area (Å²) in [4.78, 5) is 8.17. The second-order valence-electron chi connectivity index (χ2n) is 17.3. The van der Waals surface area contributed by atoms with E-state index in [1.807, 2.05) is 155 Å². The Hall–Kier alpha value is -9.24. The van der Waals surface area contributed by atoms with Crippen molar-refractivity contribution in [3.8, 4) is 51.0 Å². The fraction of sp³-hybridized carbons (Fsp3) is 0. The van der Waals surface area contributed by atoms with E-state index in [1.54, 1.807) is 12.1 Å². The van der Waals surface area contributed by atoms with Gasteiger partial charge in [0.15, 0.2) is 52.4 Å². The quantitative estimate of drug-likeness (QED) is 0.0946. The molecule has 0 fully saturated rings. The molecule has 4 heterocycles. The van der Waals surface area contributed by atoms with Crippen LogP contribution in [0.5, 0.6) is 0 Å². The summed E-state index contributed by atoms with van der Waals surface area (Å²) in [7, 11) is 0. The van der Waals surface area contributed by atoms with Crippen molar-refractivity contribution < 1.29 is 43.9 Å². The molecule has 0 bridgehead atoms. The van der Waals surface area contributed by atoms with Crippen molar-refractivity contribution >= 4 is 65.4 Å². The lowest BCUT2D eigenvalue weighted by Crippen LogP contribution is -2.11. The van der Waals surface area contributed by atoms with E-state index in [1.165, 1.54) is 0 Å². The Bertz CT molecular complexity index is 4090. The summed E-state index contributed by atoms with van der Waals surface area (Å²) in [6.07, 6.45) is 0. The molecule has 73 heavy (non-hydrogen) atoms. The molecule has 354 valence electrons. The third-order valence-electron chi connectivity index (χ3n) is 13.4. The zero-order chi connectivity index (χ0) is 50.1. The molecule has 0 N–H and O–H groups in total. The van der Waals surface area contributed by atoms with E-state index in [4.69, 9.17) is 0 Å². The molecule has 13 rings (SSSR count). The van der Waals surface area contributed by atoms with Gasteiger partial charge in [0, 0.05) is 37.9 Å². The largest absolute Gasteiger partial charge is 0.307 e. The molecule has 4 aromatic heterocycles. The minimum atomic E-state index is -2.53. The van der Waals surface area contributed by atoms with Crippen molar-refractivity contribution in [2.45, 2.75) is 0 Å². The van der Waals surface area contributed by atoms with Crippen LogP contribution >= 0.6 is 0 Å². The lowest BCUT2D eigenvalue weighted by Gasteiger charge is -2.24. The van der Waals surface area contributed by atoms with Gasteiger partial charge in [0.1, 0.15) is 0 Å². The van der Waals surface area contributed by atoms with Crippen LogP contribution in [0.4, 0.5) is 43.9 Å². The van der Waals surface area contributed by atoms with Crippen molar-refractivity contribution in [3.63, 3.8) is 0 Å². The van der Waals surface area contributed by atoms with Gasteiger partial charge in [-0.05, 0) is 54.6 Å². The van der Waals surface area contributed by atoms with Crippen molar-refractivity contribution in [2.75, 3.05) is 0 Å². The maximum absolute atomic E-state index is 15.9. The number of benzene rings is 9. The van der Waals surface area contributed by atoms with Gasteiger partial charge in [-0.2, -0.15) is 0 Å². The zero-order valence-electron chi connectivity index (χ0n) is 37.1. The molecule has 13 aromatic rings. The van der Waals surface area contributed by atoms with Gasteiger partial charge in [-0.3, -0.25) is 0 Å². The lowest BCUT2D eigenvalue weighted by atomic mass is 10.0. The highest BCUT2D eigenvalue weighted by molar-refractivity contribution is 6.14. The van der Waals surface area contributed by atoms with E-state index < -0.39 is 86.5 Å². The van der Waals surface area contributed by atoms with Crippen LogP contribution in [0.25, 0.3) is 116 Å². The average Bonchev–Trinajstić information content (AvgIpc) is 4.06. The molecule has 9 aromatic carbocycles. The Morgan fingerprint density at radius 1 is 0.274 bits per heavy atom. The third-order valence-corrected chi connectivity index (χ3v) is 13.4. The SMILES string of the molecule is Fc1c(F)c(F)c(-c2cc(-c3cc(-n4c5ccccc5c5ccccc54)c(-n4c5ccccc5c5ccccc54)c(-n4c5ccccc5c5ccccc54)c3)nc(-c3c(F)c(F)c(F)c(F)c3F)n2)c(F)c1F. The predicted octanol–water partition coefficient (Wildman–Crippen LogP) is 16.2. The highest BCUT2D eigenvalue weighted by atomic mass is 19.2. The molecule has 0 spiro atoms. The van der Waals surface area contributed by atoms with Crippen LogP contribution in [0, 0.1) is 58.2 Å². The molecule has 0 unspecified atom stereocenters. The molecule has 0 atom stereocenters. The summed E-state index contributed by atoms with van der Waals surface area (Å²) in [5.74, 6) is -25.6. The van der Waals surface area contributed by atoms with Crippen LogP contribution in [0.3, 0.4) is 0 Å². The van der Waals surface area contributed by atoms with Crippen LogP contribution in [0.2, 0.25) is 0 Å². The van der Waals surface area contributed by atoms with Crippen LogP contribution in [0.15, 0.2) is 164 Å². The number of hydrogen-bond donors (Lipinski definition) is 0. The number of halogens is 10. The summed E-state index contributed by atoms with van der Waals surface area (Å²) in [6, 6.07) is 50.0. The molecule has 0 aliphatic carbocycles. The maximum atomic E-state index is 15.9. The molecular formula is C58H27F10N5. The first-order valence-corrected chi connectivity index (χ1v) is 22.5. The first kappa shape index (κ1) is 43.8. The van der Waals surface area contributed by atoms with Crippen molar-refractivity contribution in [1.29, 1.82) is 0 Å². The highest BCUT2D eigenvalue weighted by Crippen LogP contribution is 2.46. The number of rotatable bonds is 6. The first-order chi connectivity index (χ1) is 35.4. The summed E-state index contributed by atoms with van der Waals surface area (Å²) in [6.45, 7) is 0. The molecular weight excluding hydrogens is 957 g/mol. The summed E-state index contributed by atoms with van der Waals surface area (Å²) >= 11 is 0. The minimum Gasteiger partial charge on any atom is -0.307 e. The van der Waals surface area contributed by atoms with Crippen LogP contribution in [0.1, 0.15) is 0 Å². The molecule has 0 saturated carbocycles. The van der Waals surface area contributed by atoms with Crippen LogP contribution in [-0.4, -0.2) is 23.7 Å². The van der Waals surface area contributed by atoms with Gasteiger partial charge >= 0.3 is 0 Å². The zero-order valence-corrected chi connectivity index (χ0v) is 37.1. The number of hydrogen-bond acceptors (Lipinski definition) is 2. The van der Waals surface area contributed by atoms with E-state index in [0.717, 1.165) is 49.4 Å². The lowest BCUT2D eigenvalue weighted by molar-refractivity contribution is 0.380. The van der Waals surface area contributed by atoms with E-state index in [0.29, 0.717) is 39.1 Å². The Labute approximate surface area is 404 Å². The number of fused-ring (bicyclic) bond motifs is 9. The van der Waals surface area contributed by atoms with E-state index >= 15 is 35.1 Å². The summed E-state index contributed by atoms with van der Waals surface area (Å²) < 4.78 is 159. The topological polar surface area (TPSA) is 40.6 Å². The van der Waals surface area contributed by atoms with Crippen LogP contribution in [-0.2, 0) is 0 Å². The number of nitrogens with zero attached hydrogens (tertiary/aromatic N) is 5. The normalized spacial score (nSPS) is 12.0. The maximum Gasteiger partial charge on any atom is 0.200 e. The van der Waals surface area contributed by atoms with E-state index in [-0.39, 0.29) is 5.56 Å². The van der Waals surface area contributed by atoms with Gasteiger partial charge < -0.3 is 13.7 Å². The molecule has 0 aliphatic heterocycles. The Kier molecular flexibility index (Phi) is 9.68. The smallest absolute Gasteiger partial charge is 0.200 e. The highest BCUT2D eigenvalue weighted by Gasteiger charge is 2.33. The Morgan fingerprint density at radius 2 is 0.548 bits per heavy atom. The van der Waals surface area contributed by atoms with Crippen molar-refractivity contribution in [3.05, 3.63) is 222 Å². The van der Waals surface area contributed by atoms with Gasteiger partial charge in [0.2, 0.25) is 11.6 Å². The fourth-order valence-electron chi connectivity index (χ4n) is 10.3. The van der Waals surface area contributed by atoms with E-state index in [2.05, 4.69) is 14.5 Å². The molecule has 0 amide bonds. The predicted molar refractivity (Wildman–Crippen MR) is 261 cm³/mol. The fourth-order valence-corrected chi connectivity index (χ4v) is 10.3. The Balaban J connectivity index is 1.27. The molecule has 15 heteroatoms. The van der Waals surface area contributed by atoms with Crippen molar-refractivity contribution in [2.24, 2.45) is 0 Å². The van der Waals surface area contributed by atoms with Crippen LogP contribution < -0.4 is 0 Å². The molecule has 0 aliphatic rings. The first-order valence-electron chi connectivity index (χ1n) is 22.5. The second kappa shape index (κ2) is 16.1. The minimum absolute atomic E-state index is 0.0177. The number of para-hydroxylation sites is 6. The van der Waals surface area contributed by atoms with Gasteiger partial charge in [-0.15, -0.1) is 0 Å². The van der Waals surface area contributed by atoms with Gasteiger partial charge in [-0.25, -0.2) is 53.9 Å². The molecule has 5 nitrogen and oxygen atoms in total. The van der Waals surface area contributed by atoms with Gasteiger partial charge in [-0.1, -0.05) is 109 Å².